The minimum absolute atomic E-state index is 0.143. The van der Waals surface area contributed by atoms with E-state index < -0.39 is 0 Å². The van der Waals surface area contributed by atoms with Crippen molar-refractivity contribution in [3.05, 3.63) is 0 Å². The second kappa shape index (κ2) is 12.0. The quantitative estimate of drug-likeness (QED) is 0.539. The van der Waals surface area contributed by atoms with Gasteiger partial charge in [-0.1, -0.05) is 13.3 Å². The fourth-order valence-corrected chi connectivity index (χ4v) is 2.60. The molecule has 1 heterocycles. The first kappa shape index (κ1) is 18.4. The molecule has 5 heteroatoms. The number of amides is 1. The number of ether oxygens (including phenoxy) is 2. The van der Waals surface area contributed by atoms with Gasteiger partial charge in [-0.25, -0.2) is 0 Å². The molecule has 0 saturated carbocycles. The first-order valence-corrected chi connectivity index (χ1v) is 8.42. The first-order valence-electron chi connectivity index (χ1n) is 8.42. The van der Waals surface area contributed by atoms with Gasteiger partial charge in [0.25, 0.3) is 0 Å². The fraction of sp³-hybridized carbons (Fsp3) is 0.938. The lowest BCUT2D eigenvalue weighted by atomic mass is 9.96. The molecule has 124 valence electrons. The van der Waals surface area contributed by atoms with Crippen molar-refractivity contribution in [2.75, 3.05) is 32.9 Å². The maximum Gasteiger partial charge on any atom is 0.220 e. The van der Waals surface area contributed by atoms with Gasteiger partial charge in [0.2, 0.25) is 5.91 Å². The van der Waals surface area contributed by atoms with Gasteiger partial charge in [0.05, 0.1) is 12.7 Å². The zero-order valence-corrected chi connectivity index (χ0v) is 13.4. The minimum Gasteiger partial charge on any atom is -0.379 e. The van der Waals surface area contributed by atoms with E-state index in [-0.39, 0.29) is 12.0 Å². The van der Waals surface area contributed by atoms with Crippen LogP contribution in [0.25, 0.3) is 0 Å². The highest BCUT2D eigenvalue weighted by Crippen LogP contribution is 2.14. The molecule has 0 radical (unpaired) electrons. The second-order valence-corrected chi connectivity index (χ2v) is 5.80. The van der Waals surface area contributed by atoms with Crippen molar-refractivity contribution in [2.24, 2.45) is 11.7 Å². The third-order valence-corrected chi connectivity index (χ3v) is 4.05. The van der Waals surface area contributed by atoms with Gasteiger partial charge in [0.1, 0.15) is 0 Å². The van der Waals surface area contributed by atoms with Crippen molar-refractivity contribution in [2.45, 2.75) is 58.0 Å². The van der Waals surface area contributed by atoms with E-state index in [1.165, 1.54) is 0 Å². The Morgan fingerprint density at radius 1 is 1.48 bits per heavy atom. The molecule has 0 aromatic rings. The molecule has 0 spiro atoms. The molecule has 2 atom stereocenters. The van der Waals surface area contributed by atoms with Gasteiger partial charge in [-0.3, -0.25) is 4.79 Å². The first-order chi connectivity index (χ1) is 10.3. The van der Waals surface area contributed by atoms with Crippen LogP contribution in [0.3, 0.4) is 0 Å². The van der Waals surface area contributed by atoms with Crippen LogP contribution in [-0.2, 0) is 14.3 Å². The van der Waals surface area contributed by atoms with Crippen LogP contribution in [-0.4, -0.2) is 44.9 Å². The molecule has 0 aromatic heterocycles. The molecule has 0 bridgehead atoms. The SMILES string of the molecule is CCC(CCN)CCC(=O)NCCCOCC1CCCO1. The monoisotopic (exact) mass is 300 g/mol. The van der Waals surface area contributed by atoms with Crippen LogP contribution in [0.5, 0.6) is 0 Å². The summed E-state index contributed by atoms with van der Waals surface area (Å²) in [6.45, 7) is 5.80. The molecule has 5 nitrogen and oxygen atoms in total. The highest BCUT2D eigenvalue weighted by atomic mass is 16.5. The predicted molar refractivity (Wildman–Crippen MR) is 84.1 cm³/mol. The Morgan fingerprint density at radius 2 is 2.33 bits per heavy atom. The zero-order valence-electron chi connectivity index (χ0n) is 13.4. The summed E-state index contributed by atoms with van der Waals surface area (Å²) in [7, 11) is 0. The molecule has 0 aromatic carbocycles. The van der Waals surface area contributed by atoms with Crippen LogP contribution in [0.1, 0.15) is 51.9 Å². The standard InChI is InChI=1S/C16H32N2O3/c1-2-14(8-9-17)6-7-16(19)18-10-4-11-20-13-15-5-3-12-21-15/h14-15H,2-13,17H2,1H3,(H,18,19). The largest absolute Gasteiger partial charge is 0.379 e. The Balaban J connectivity index is 1.90. The van der Waals surface area contributed by atoms with Gasteiger partial charge >= 0.3 is 0 Å². The van der Waals surface area contributed by atoms with E-state index >= 15 is 0 Å². The zero-order chi connectivity index (χ0) is 15.3. The highest BCUT2D eigenvalue weighted by molar-refractivity contribution is 5.75. The lowest BCUT2D eigenvalue weighted by Crippen LogP contribution is -2.26. The van der Waals surface area contributed by atoms with Crippen molar-refractivity contribution in [3.8, 4) is 0 Å². The lowest BCUT2D eigenvalue weighted by molar-refractivity contribution is -0.121. The number of hydrogen-bond acceptors (Lipinski definition) is 4. The van der Waals surface area contributed by atoms with Gasteiger partial charge in [0, 0.05) is 26.2 Å². The molecule has 1 fully saturated rings. The average Bonchev–Trinajstić information content (AvgIpc) is 3.00. The normalized spacial score (nSPS) is 19.6. The van der Waals surface area contributed by atoms with Crippen molar-refractivity contribution in [3.63, 3.8) is 0 Å². The summed E-state index contributed by atoms with van der Waals surface area (Å²) >= 11 is 0. The van der Waals surface area contributed by atoms with Gasteiger partial charge < -0.3 is 20.5 Å². The summed E-state index contributed by atoms with van der Waals surface area (Å²) in [6, 6.07) is 0. The molecule has 1 aliphatic heterocycles. The second-order valence-electron chi connectivity index (χ2n) is 5.80. The van der Waals surface area contributed by atoms with Gasteiger partial charge in [0.15, 0.2) is 0 Å². The smallest absolute Gasteiger partial charge is 0.220 e. The summed E-state index contributed by atoms with van der Waals surface area (Å²) < 4.78 is 11.0. The van der Waals surface area contributed by atoms with Crippen LogP contribution in [0.15, 0.2) is 0 Å². The van der Waals surface area contributed by atoms with Crippen LogP contribution in [0.4, 0.5) is 0 Å². The van der Waals surface area contributed by atoms with E-state index in [1.54, 1.807) is 0 Å². The summed E-state index contributed by atoms with van der Waals surface area (Å²) in [5.41, 5.74) is 5.56. The van der Waals surface area contributed by atoms with Crippen LogP contribution < -0.4 is 11.1 Å². The van der Waals surface area contributed by atoms with E-state index in [9.17, 15) is 4.79 Å². The Labute approximate surface area is 128 Å². The number of hydrogen-bond donors (Lipinski definition) is 2. The lowest BCUT2D eigenvalue weighted by Gasteiger charge is -2.13. The van der Waals surface area contributed by atoms with E-state index in [0.717, 1.165) is 45.1 Å². The van der Waals surface area contributed by atoms with E-state index in [4.69, 9.17) is 15.2 Å². The average molecular weight is 300 g/mol. The van der Waals surface area contributed by atoms with Crippen molar-refractivity contribution < 1.29 is 14.3 Å². The summed E-state index contributed by atoms with van der Waals surface area (Å²) in [5, 5.41) is 2.95. The van der Waals surface area contributed by atoms with Crippen LogP contribution >= 0.6 is 0 Å². The van der Waals surface area contributed by atoms with E-state index in [1.807, 2.05) is 0 Å². The van der Waals surface area contributed by atoms with Gasteiger partial charge in [-0.05, 0) is 44.6 Å². The highest BCUT2D eigenvalue weighted by Gasteiger charge is 2.15. The maximum atomic E-state index is 11.7. The predicted octanol–water partition coefficient (Wildman–Crippen LogP) is 1.84. The van der Waals surface area contributed by atoms with Gasteiger partial charge in [-0.15, -0.1) is 0 Å². The van der Waals surface area contributed by atoms with E-state index in [0.29, 0.717) is 38.6 Å². The summed E-state index contributed by atoms with van der Waals surface area (Å²) in [5.74, 6) is 0.722. The number of carbonyl (C=O) groups is 1. The molecule has 21 heavy (non-hydrogen) atoms. The third-order valence-electron chi connectivity index (χ3n) is 4.05. The Bertz CT molecular complexity index is 268. The van der Waals surface area contributed by atoms with Crippen LogP contribution in [0, 0.1) is 5.92 Å². The maximum absolute atomic E-state index is 11.7. The minimum atomic E-state index is 0.143. The fourth-order valence-electron chi connectivity index (χ4n) is 2.60. The van der Waals surface area contributed by atoms with Gasteiger partial charge in [-0.2, -0.15) is 0 Å². The van der Waals surface area contributed by atoms with E-state index in [2.05, 4.69) is 12.2 Å². The van der Waals surface area contributed by atoms with Crippen molar-refractivity contribution in [1.29, 1.82) is 0 Å². The summed E-state index contributed by atoms with van der Waals surface area (Å²) in [4.78, 5) is 11.7. The molecule has 1 aliphatic rings. The Morgan fingerprint density at radius 3 is 3.00 bits per heavy atom. The number of nitrogens with one attached hydrogen (secondary N) is 1. The molecule has 1 saturated heterocycles. The van der Waals surface area contributed by atoms with Crippen LogP contribution in [0.2, 0.25) is 0 Å². The number of rotatable bonds is 12. The molecule has 1 rings (SSSR count). The molecule has 3 N–H and O–H groups in total. The molecule has 2 unspecified atom stereocenters. The number of nitrogens with two attached hydrogens (primary N) is 1. The van der Waals surface area contributed by atoms with Crippen molar-refractivity contribution >= 4 is 5.91 Å². The summed E-state index contributed by atoms with van der Waals surface area (Å²) in [6.07, 6.45) is 7.06. The third kappa shape index (κ3) is 9.06. The Hall–Kier alpha value is -0.650. The van der Waals surface area contributed by atoms with Crippen molar-refractivity contribution in [1.82, 2.24) is 5.32 Å². The Kier molecular flexibility index (Phi) is 10.5. The molecular weight excluding hydrogens is 268 g/mol. The molecular formula is C16H32N2O3. The molecule has 0 aliphatic carbocycles. The topological polar surface area (TPSA) is 73.6 Å². The number of carbonyl (C=O) groups excluding carboxylic acids is 1. The molecule has 1 amide bonds.